The summed E-state index contributed by atoms with van der Waals surface area (Å²) in [5, 5.41) is 11.9. The molecule has 102 valence electrons. The number of nitrogens with one attached hydrogen (secondary N) is 1. The molecule has 1 aliphatic rings. The van der Waals surface area contributed by atoms with E-state index in [0.29, 0.717) is 0 Å². The lowest BCUT2D eigenvalue weighted by Crippen LogP contribution is -2.54. The second-order valence-corrected chi connectivity index (χ2v) is 6.05. The van der Waals surface area contributed by atoms with Crippen molar-refractivity contribution in [3.8, 4) is 0 Å². The minimum atomic E-state index is -1.14. The van der Waals surface area contributed by atoms with Crippen LogP contribution in [0, 0.1) is 5.92 Å². The van der Waals surface area contributed by atoms with E-state index >= 15 is 0 Å². The Morgan fingerprint density at radius 1 is 1.47 bits per heavy atom. The van der Waals surface area contributed by atoms with E-state index in [-0.39, 0.29) is 18.2 Å². The highest BCUT2D eigenvalue weighted by Crippen LogP contribution is 2.39. The third-order valence-corrected chi connectivity index (χ3v) is 3.98. The first kappa shape index (κ1) is 14.1. The van der Waals surface area contributed by atoms with E-state index in [1.54, 1.807) is 6.92 Å². The van der Waals surface area contributed by atoms with Crippen molar-refractivity contribution >= 4 is 27.8 Å². The van der Waals surface area contributed by atoms with Crippen molar-refractivity contribution in [2.24, 2.45) is 5.92 Å². The van der Waals surface area contributed by atoms with Gasteiger partial charge in [0.25, 0.3) is 0 Å². The van der Waals surface area contributed by atoms with Crippen molar-refractivity contribution in [2.45, 2.75) is 31.7 Å². The Balaban J connectivity index is 2.02. The van der Waals surface area contributed by atoms with Gasteiger partial charge in [-0.3, -0.25) is 4.79 Å². The van der Waals surface area contributed by atoms with E-state index in [1.165, 1.54) is 0 Å². The number of aliphatic carboxylic acids is 1. The predicted molar refractivity (Wildman–Crippen MR) is 74.8 cm³/mol. The summed E-state index contributed by atoms with van der Waals surface area (Å²) in [7, 11) is 0. The van der Waals surface area contributed by atoms with Gasteiger partial charge in [-0.1, -0.05) is 28.1 Å². The maximum absolute atomic E-state index is 12.0. The van der Waals surface area contributed by atoms with Gasteiger partial charge >= 0.3 is 5.97 Å². The summed E-state index contributed by atoms with van der Waals surface area (Å²) in [6, 6.07) is 7.44. The molecule has 0 aliphatic heterocycles. The second kappa shape index (κ2) is 5.33. The summed E-state index contributed by atoms with van der Waals surface area (Å²) in [6.45, 7) is 1.59. The molecule has 1 aromatic carbocycles. The van der Waals surface area contributed by atoms with Crippen LogP contribution in [-0.2, 0) is 16.0 Å². The molecule has 0 spiro atoms. The summed E-state index contributed by atoms with van der Waals surface area (Å²) in [5.41, 5.74) is -0.279. The number of rotatable bonds is 5. The molecule has 0 radical (unpaired) electrons. The molecule has 5 heteroatoms. The zero-order chi connectivity index (χ0) is 14.0. The molecule has 1 unspecified atom stereocenters. The number of amides is 1. The van der Waals surface area contributed by atoms with Crippen LogP contribution in [-0.4, -0.2) is 22.5 Å². The minimum absolute atomic E-state index is 0.0523. The maximum atomic E-state index is 12.0. The van der Waals surface area contributed by atoms with E-state index in [1.807, 2.05) is 24.3 Å². The van der Waals surface area contributed by atoms with Crippen LogP contribution < -0.4 is 5.32 Å². The first-order valence-corrected chi connectivity index (χ1v) is 7.00. The smallest absolute Gasteiger partial charge is 0.329 e. The van der Waals surface area contributed by atoms with E-state index in [2.05, 4.69) is 21.2 Å². The van der Waals surface area contributed by atoms with E-state index in [4.69, 9.17) is 0 Å². The molecule has 1 aromatic rings. The van der Waals surface area contributed by atoms with Gasteiger partial charge in [0.05, 0.1) is 6.42 Å². The Bertz CT molecular complexity index is 513. The Hall–Kier alpha value is -1.36. The second-order valence-electron chi connectivity index (χ2n) is 5.14. The van der Waals surface area contributed by atoms with Gasteiger partial charge in [-0.2, -0.15) is 0 Å². The van der Waals surface area contributed by atoms with Crippen LogP contribution in [0.3, 0.4) is 0 Å². The zero-order valence-electron chi connectivity index (χ0n) is 10.6. The number of carboxylic acid groups (broad SMARTS) is 1. The molecule has 4 nitrogen and oxygen atoms in total. The topological polar surface area (TPSA) is 66.4 Å². The molecule has 0 aromatic heterocycles. The van der Waals surface area contributed by atoms with Crippen LogP contribution in [0.25, 0.3) is 0 Å². The van der Waals surface area contributed by atoms with Crippen LogP contribution in [0.1, 0.15) is 25.3 Å². The van der Waals surface area contributed by atoms with Crippen molar-refractivity contribution in [1.82, 2.24) is 5.32 Å². The largest absolute Gasteiger partial charge is 0.480 e. The third-order valence-electron chi connectivity index (χ3n) is 3.49. The average Bonchev–Trinajstić information content (AvgIpc) is 3.12. The molecule has 1 amide bonds. The molecular formula is C14H16BrNO3. The summed E-state index contributed by atoms with van der Waals surface area (Å²) < 4.78 is 0.904. The fraction of sp³-hybridized carbons (Fsp3) is 0.429. The van der Waals surface area contributed by atoms with Crippen LogP contribution in [0.4, 0.5) is 0 Å². The molecule has 1 fully saturated rings. The first-order chi connectivity index (χ1) is 8.91. The molecule has 2 rings (SSSR count). The van der Waals surface area contributed by atoms with Gasteiger partial charge < -0.3 is 10.4 Å². The van der Waals surface area contributed by atoms with E-state index < -0.39 is 11.5 Å². The maximum Gasteiger partial charge on any atom is 0.329 e. The number of carbonyl (C=O) groups excluding carboxylic acids is 1. The minimum Gasteiger partial charge on any atom is -0.480 e. The molecule has 1 atom stereocenters. The lowest BCUT2D eigenvalue weighted by Gasteiger charge is -2.26. The Labute approximate surface area is 120 Å². The zero-order valence-corrected chi connectivity index (χ0v) is 12.2. The van der Waals surface area contributed by atoms with Gasteiger partial charge in [0.1, 0.15) is 5.54 Å². The lowest BCUT2D eigenvalue weighted by atomic mass is 9.95. The standard InChI is InChI=1S/C14H16BrNO3/c1-14(13(18)19,10-5-6-10)16-12(17)8-9-3-2-4-11(15)7-9/h2-4,7,10H,5-6,8H2,1H3,(H,16,17)(H,18,19). The van der Waals surface area contributed by atoms with Gasteiger partial charge in [-0.25, -0.2) is 4.79 Å². The Morgan fingerprint density at radius 2 is 2.16 bits per heavy atom. The molecule has 1 aliphatic carbocycles. The lowest BCUT2D eigenvalue weighted by molar-refractivity contribution is -0.147. The molecule has 0 heterocycles. The number of hydrogen-bond acceptors (Lipinski definition) is 2. The number of halogens is 1. The fourth-order valence-corrected chi connectivity index (χ4v) is 2.60. The average molecular weight is 326 g/mol. The summed E-state index contributed by atoms with van der Waals surface area (Å²) in [5.74, 6) is -1.16. The van der Waals surface area contributed by atoms with Crippen LogP contribution in [0.5, 0.6) is 0 Å². The molecule has 19 heavy (non-hydrogen) atoms. The molecule has 0 bridgehead atoms. The highest BCUT2D eigenvalue weighted by Gasteiger charge is 2.48. The highest BCUT2D eigenvalue weighted by molar-refractivity contribution is 9.10. The van der Waals surface area contributed by atoms with Crippen molar-refractivity contribution < 1.29 is 14.7 Å². The van der Waals surface area contributed by atoms with Crippen LogP contribution >= 0.6 is 15.9 Å². The predicted octanol–water partition coefficient (Wildman–Crippen LogP) is 2.36. The molecule has 2 N–H and O–H groups in total. The van der Waals surface area contributed by atoms with Crippen molar-refractivity contribution in [3.05, 3.63) is 34.3 Å². The Kier molecular flexibility index (Phi) is 3.94. The van der Waals surface area contributed by atoms with Gasteiger partial charge in [-0.05, 0) is 43.4 Å². The van der Waals surface area contributed by atoms with Gasteiger partial charge in [0, 0.05) is 4.47 Å². The number of carbonyl (C=O) groups is 2. The Morgan fingerprint density at radius 3 is 2.68 bits per heavy atom. The normalized spacial score (nSPS) is 17.6. The van der Waals surface area contributed by atoms with E-state index in [0.717, 1.165) is 22.9 Å². The van der Waals surface area contributed by atoms with Crippen LogP contribution in [0.15, 0.2) is 28.7 Å². The summed E-state index contributed by atoms with van der Waals surface area (Å²) >= 11 is 3.34. The first-order valence-electron chi connectivity index (χ1n) is 6.20. The van der Waals surface area contributed by atoms with Gasteiger partial charge in [-0.15, -0.1) is 0 Å². The van der Waals surface area contributed by atoms with Crippen molar-refractivity contribution in [3.63, 3.8) is 0 Å². The van der Waals surface area contributed by atoms with Crippen molar-refractivity contribution in [1.29, 1.82) is 0 Å². The summed E-state index contributed by atoms with van der Waals surface area (Å²) in [6.07, 6.45) is 1.91. The van der Waals surface area contributed by atoms with Crippen molar-refractivity contribution in [2.75, 3.05) is 0 Å². The fourth-order valence-electron chi connectivity index (χ4n) is 2.16. The summed E-state index contributed by atoms with van der Waals surface area (Å²) in [4.78, 5) is 23.3. The molecule has 1 saturated carbocycles. The monoisotopic (exact) mass is 325 g/mol. The number of hydrogen-bond donors (Lipinski definition) is 2. The third kappa shape index (κ3) is 3.35. The molecular weight excluding hydrogens is 310 g/mol. The molecule has 0 saturated heterocycles. The number of benzene rings is 1. The highest BCUT2D eigenvalue weighted by atomic mass is 79.9. The number of carboxylic acids is 1. The van der Waals surface area contributed by atoms with E-state index in [9.17, 15) is 14.7 Å². The van der Waals surface area contributed by atoms with Crippen LogP contribution in [0.2, 0.25) is 0 Å². The van der Waals surface area contributed by atoms with Gasteiger partial charge in [0.15, 0.2) is 0 Å². The van der Waals surface area contributed by atoms with Gasteiger partial charge in [0.2, 0.25) is 5.91 Å². The SMILES string of the molecule is CC(NC(=O)Cc1cccc(Br)c1)(C(=O)O)C1CC1. The quantitative estimate of drug-likeness (QED) is 0.873.